The van der Waals surface area contributed by atoms with Gasteiger partial charge in [-0.3, -0.25) is 0 Å². The maximum atomic E-state index is 13.4. The van der Waals surface area contributed by atoms with Gasteiger partial charge in [0.1, 0.15) is 22.1 Å². The average molecular weight is 499 g/mol. The van der Waals surface area contributed by atoms with Crippen molar-refractivity contribution in [3.05, 3.63) is 54.6 Å². The van der Waals surface area contributed by atoms with Gasteiger partial charge in [0, 0.05) is 37.8 Å². The molecule has 1 aliphatic rings. The number of nitrogens with zero attached hydrogens (tertiary/aromatic N) is 4. The summed E-state index contributed by atoms with van der Waals surface area (Å²) < 4.78 is 44.8. The van der Waals surface area contributed by atoms with Crippen LogP contribution in [0.1, 0.15) is 13.8 Å². The van der Waals surface area contributed by atoms with E-state index in [9.17, 15) is 8.42 Å². The molecule has 186 valence electrons. The molecule has 0 saturated carbocycles. The molecule has 4 rings (SSSR count). The highest BCUT2D eigenvalue weighted by Gasteiger charge is 2.31. The molecule has 1 aromatic heterocycles. The van der Waals surface area contributed by atoms with Gasteiger partial charge in [-0.15, -0.1) is 10.2 Å². The smallest absolute Gasteiger partial charge is 0.246 e. The van der Waals surface area contributed by atoms with Gasteiger partial charge in [0.05, 0.1) is 26.0 Å². The molecule has 0 aliphatic carbocycles. The zero-order chi connectivity index (χ0) is 24.8. The minimum absolute atomic E-state index is 0.150. The number of para-hydroxylation sites is 1. The van der Waals surface area contributed by atoms with E-state index >= 15 is 0 Å². The van der Waals surface area contributed by atoms with Crippen LogP contribution in [0.2, 0.25) is 0 Å². The molecule has 0 unspecified atom stereocenters. The SMILES string of the molecule is CCOc1ccc(S(=O)(=O)N2CCN(c3ccc(-c4ccccc4OC)nn3)CC2)c(OCC)c1. The number of methoxy groups -OCH3 is 1. The van der Waals surface area contributed by atoms with Crippen LogP contribution in [0.4, 0.5) is 5.82 Å². The third-order valence-electron chi connectivity index (χ3n) is 5.74. The summed E-state index contributed by atoms with van der Waals surface area (Å²) in [5, 5.41) is 8.76. The predicted octanol–water partition coefficient (Wildman–Crippen LogP) is 3.46. The zero-order valence-electron chi connectivity index (χ0n) is 20.2. The average Bonchev–Trinajstić information content (AvgIpc) is 2.89. The topological polar surface area (TPSA) is 94.1 Å². The third-order valence-corrected chi connectivity index (χ3v) is 7.68. The number of hydrogen-bond donors (Lipinski definition) is 0. The van der Waals surface area contributed by atoms with Gasteiger partial charge in [-0.2, -0.15) is 4.31 Å². The summed E-state index contributed by atoms with van der Waals surface area (Å²) in [6, 6.07) is 16.3. The van der Waals surface area contributed by atoms with Crippen molar-refractivity contribution >= 4 is 15.8 Å². The first-order valence-corrected chi connectivity index (χ1v) is 13.0. The standard InChI is InChI=1S/C25H30N4O5S/c1-4-33-19-10-12-24(23(18-19)34-5-2)35(30,31)29-16-14-28(15-17-29)25-13-11-21(26-27-25)20-8-6-7-9-22(20)32-3/h6-13,18H,4-5,14-17H2,1-3H3. The molecular formula is C25H30N4O5S. The summed E-state index contributed by atoms with van der Waals surface area (Å²) in [5.41, 5.74) is 1.58. The van der Waals surface area contributed by atoms with E-state index in [-0.39, 0.29) is 4.90 Å². The lowest BCUT2D eigenvalue weighted by molar-refractivity contribution is 0.314. The summed E-state index contributed by atoms with van der Waals surface area (Å²) >= 11 is 0. The molecule has 0 spiro atoms. The highest BCUT2D eigenvalue weighted by atomic mass is 32.2. The Hall–Kier alpha value is -3.37. The van der Waals surface area contributed by atoms with Crippen molar-refractivity contribution in [2.24, 2.45) is 0 Å². The Kier molecular flexibility index (Phi) is 7.72. The van der Waals surface area contributed by atoms with Crippen molar-refractivity contribution in [1.29, 1.82) is 0 Å². The van der Waals surface area contributed by atoms with Gasteiger partial charge >= 0.3 is 0 Å². The molecule has 35 heavy (non-hydrogen) atoms. The van der Waals surface area contributed by atoms with Crippen molar-refractivity contribution in [1.82, 2.24) is 14.5 Å². The van der Waals surface area contributed by atoms with Gasteiger partial charge < -0.3 is 19.1 Å². The Labute approximate surface area is 206 Å². The Morgan fingerprint density at radius 1 is 0.857 bits per heavy atom. The van der Waals surface area contributed by atoms with Crippen LogP contribution in [-0.4, -0.2) is 69.4 Å². The molecule has 9 nitrogen and oxygen atoms in total. The van der Waals surface area contributed by atoms with Crippen molar-refractivity contribution in [3.8, 4) is 28.5 Å². The van der Waals surface area contributed by atoms with E-state index in [4.69, 9.17) is 14.2 Å². The first kappa shape index (κ1) is 24.7. The fourth-order valence-corrected chi connectivity index (χ4v) is 5.55. The molecular weight excluding hydrogens is 468 g/mol. The van der Waals surface area contributed by atoms with Crippen LogP contribution in [0.25, 0.3) is 11.3 Å². The number of sulfonamides is 1. The number of hydrogen-bond acceptors (Lipinski definition) is 8. The van der Waals surface area contributed by atoms with E-state index < -0.39 is 10.0 Å². The summed E-state index contributed by atoms with van der Waals surface area (Å²) in [6.45, 7) is 6.21. The van der Waals surface area contributed by atoms with E-state index in [1.54, 1.807) is 25.3 Å². The number of benzene rings is 2. The maximum absolute atomic E-state index is 13.4. The minimum atomic E-state index is -3.73. The van der Waals surface area contributed by atoms with E-state index in [0.29, 0.717) is 62.4 Å². The minimum Gasteiger partial charge on any atom is -0.496 e. The summed E-state index contributed by atoms with van der Waals surface area (Å²) in [7, 11) is -2.10. The van der Waals surface area contributed by atoms with Gasteiger partial charge in [0.25, 0.3) is 0 Å². The van der Waals surface area contributed by atoms with Crippen LogP contribution in [0, 0.1) is 0 Å². The van der Waals surface area contributed by atoms with E-state index in [2.05, 4.69) is 10.2 Å². The molecule has 0 radical (unpaired) electrons. The summed E-state index contributed by atoms with van der Waals surface area (Å²) in [6.07, 6.45) is 0. The molecule has 1 fully saturated rings. The molecule has 0 bridgehead atoms. The Bertz CT molecular complexity index is 1240. The highest BCUT2D eigenvalue weighted by molar-refractivity contribution is 7.89. The summed E-state index contributed by atoms with van der Waals surface area (Å²) in [5.74, 6) is 2.32. The molecule has 0 atom stereocenters. The Morgan fingerprint density at radius 2 is 1.60 bits per heavy atom. The lowest BCUT2D eigenvalue weighted by Crippen LogP contribution is -2.49. The molecule has 1 saturated heterocycles. The number of ether oxygens (including phenoxy) is 3. The lowest BCUT2D eigenvalue weighted by atomic mass is 10.1. The Balaban J connectivity index is 1.47. The van der Waals surface area contributed by atoms with E-state index in [1.807, 2.05) is 55.1 Å². The first-order valence-electron chi connectivity index (χ1n) is 11.6. The molecule has 0 N–H and O–H groups in total. The molecule has 2 heterocycles. The molecule has 1 aliphatic heterocycles. The quantitative estimate of drug-likeness (QED) is 0.443. The van der Waals surface area contributed by atoms with Crippen LogP contribution < -0.4 is 19.1 Å². The first-order chi connectivity index (χ1) is 17.0. The fraction of sp³-hybridized carbons (Fsp3) is 0.360. The van der Waals surface area contributed by atoms with Gasteiger partial charge in [0.2, 0.25) is 10.0 Å². The van der Waals surface area contributed by atoms with Crippen LogP contribution in [0.5, 0.6) is 17.2 Å². The van der Waals surface area contributed by atoms with Crippen molar-refractivity contribution in [2.75, 3.05) is 51.4 Å². The maximum Gasteiger partial charge on any atom is 0.246 e. The predicted molar refractivity (Wildman–Crippen MR) is 134 cm³/mol. The largest absolute Gasteiger partial charge is 0.496 e. The van der Waals surface area contributed by atoms with Crippen molar-refractivity contribution < 1.29 is 22.6 Å². The van der Waals surface area contributed by atoms with Crippen molar-refractivity contribution in [2.45, 2.75) is 18.7 Å². The number of rotatable bonds is 9. The van der Waals surface area contributed by atoms with Crippen LogP contribution in [0.3, 0.4) is 0 Å². The monoisotopic (exact) mass is 498 g/mol. The third kappa shape index (κ3) is 5.33. The van der Waals surface area contributed by atoms with E-state index in [0.717, 1.165) is 11.3 Å². The van der Waals surface area contributed by atoms with Gasteiger partial charge in [-0.1, -0.05) is 12.1 Å². The van der Waals surface area contributed by atoms with Crippen molar-refractivity contribution in [3.63, 3.8) is 0 Å². The van der Waals surface area contributed by atoms with Crippen LogP contribution in [-0.2, 0) is 10.0 Å². The van der Waals surface area contributed by atoms with Crippen LogP contribution >= 0.6 is 0 Å². The zero-order valence-corrected chi connectivity index (χ0v) is 21.0. The molecule has 3 aromatic rings. The second-order valence-corrected chi connectivity index (χ2v) is 9.75. The second-order valence-electron chi connectivity index (χ2n) is 7.84. The van der Waals surface area contributed by atoms with Gasteiger partial charge in [-0.05, 0) is 50.2 Å². The van der Waals surface area contributed by atoms with Crippen LogP contribution in [0.15, 0.2) is 59.5 Å². The van der Waals surface area contributed by atoms with Gasteiger partial charge in [0.15, 0.2) is 5.82 Å². The molecule has 2 aromatic carbocycles. The number of aromatic nitrogens is 2. The van der Waals surface area contributed by atoms with Gasteiger partial charge in [-0.25, -0.2) is 8.42 Å². The highest BCUT2D eigenvalue weighted by Crippen LogP contribution is 2.32. The fourth-order valence-electron chi connectivity index (χ4n) is 4.02. The molecule has 0 amide bonds. The normalized spacial score (nSPS) is 14.5. The Morgan fingerprint density at radius 3 is 2.26 bits per heavy atom. The number of piperazine rings is 1. The lowest BCUT2D eigenvalue weighted by Gasteiger charge is -2.34. The van der Waals surface area contributed by atoms with E-state index in [1.165, 1.54) is 4.31 Å². The second kappa shape index (κ2) is 10.9. The number of anilines is 1. The molecule has 10 heteroatoms. The summed E-state index contributed by atoms with van der Waals surface area (Å²) in [4.78, 5) is 2.18.